The summed E-state index contributed by atoms with van der Waals surface area (Å²) in [7, 11) is 0. The molecule has 0 spiro atoms. The van der Waals surface area contributed by atoms with E-state index < -0.39 is 35.9 Å². The summed E-state index contributed by atoms with van der Waals surface area (Å²) in [5.41, 5.74) is 0.0109. The molecule has 0 radical (unpaired) electrons. The van der Waals surface area contributed by atoms with Gasteiger partial charge in [0.05, 0.1) is 13.2 Å². The van der Waals surface area contributed by atoms with Crippen LogP contribution in [0.4, 0.5) is 17.6 Å². The fourth-order valence-corrected chi connectivity index (χ4v) is 4.10. The highest BCUT2D eigenvalue weighted by atomic mass is 19.3. The molecule has 1 aliphatic heterocycles. The van der Waals surface area contributed by atoms with E-state index >= 15 is 0 Å². The third-order valence-corrected chi connectivity index (χ3v) is 5.86. The van der Waals surface area contributed by atoms with Gasteiger partial charge in [-0.05, 0) is 38.5 Å². The van der Waals surface area contributed by atoms with E-state index in [2.05, 4.69) is 6.58 Å². The van der Waals surface area contributed by atoms with Gasteiger partial charge in [-0.25, -0.2) is 17.6 Å². The van der Waals surface area contributed by atoms with Gasteiger partial charge in [0, 0.05) is 30.1 Å². The summed E-state index contributed by atoms with van der Waals surface area (Å²) in [6, 6.07) is 2.85. The zero-order valence-electron chi connectivity index (χ0n) is 17.8. The summed E-state index contributed by atoms with van der Waals surface area (Å²) < 4.78 is 74.0. The standard InChI is InChI=1S/C24H30F4O3/c1-3-5-6-17-14-30-23(31-15-17)19-11-10-18(21(25)22(19)26)9-7-16-8-12-20(29-4-2)24(27,28)13-16/h3,7,9-11,16-17,20,23H,1,4-6,8,12-15H2,2H3/b9-7+. The second-order valence-electron chi connectivity index (χ2n) is 8.21. The molecule has 1 saturated carbocycles. The summed E-state index contributed by atoms with van der Waals surface area (Å²) in [6.45, 7) is 6.41. The van der Waals surface area contributed by atoms with Crippen molar-refractivity contribution in [3.05, 3.63) is 53.6 Å². The molecule has 31 heavy (non-hydrogen) atoms. The Morgan fingerprint density at radius 3 is 2.55 bits per heavy atom. The van der Waals surface area contributed by atoms with Crippen LogP contribution in [0.3, 0.4) is 0 Å². The van der Waals surface area contributed by atoms with Crippen molar-refractivity contribution in [1.82, 2.24) is 0 Å². The molecular weight excluding hydrogens is 412 g/mol. The average Bonchev–Trinajstić information content (AvgIpc) is 2.75. The molecule has 2 fully saturated rings. The summed E-state index contributed by atoms with van der Waals surface area (Å²) in [5, 5.41) is 0. The van der Waals surface area contributed by atoms with Crippen molar-refractivity contribution in [2.45, 2.75) is 57.3 Å². The molecule has 1 aromatic carbocycles. The lowest BCUT2D eigenvalue weighted by atomic mass is 9.84. The minimum atomic E-state index is -2.93. The second-order valence-corrected chi connectivity index (χ2v) is 8.21. The van der Waals surface area contributed by atoms with Crippen molar-refractivity contribution in [3.8, 4) is 0 Å². The normalized spacial score (nSPS) is 28.7. The molecule has 3 nitrogen and oxygen atoms in total. The zero-order chi connectivity index (χ0) is 22.4. The van der Waals surface area contributed by atoms with Crippen molar-refractivity contribution >= 4 is 6.08 Å². The fraction of sp³-hybridized carbons (Fsp3) is 0.583. The Balaban J connectivity index is 1.63. The first kappa shape index (κ1) is 24.0. The Hall–Kier alpha value is -1.70. The van der Waals surface area contributed by atoms with Crippen LogP contribution in [0.15, 0.2) is 30.9 Å². The lowest BCUT2D eigenvalue weighted by molar-refractivity contribution is -0.207. The molecule has 1 heterocycles. The van der Waals surface area contributed by atoms with Crippen LogP contribution in [-0.4, -0.2) is 31.8 Å². The molecule has 1 saturated heterocycles. The molecule has 3 rings (SSSR count). The lowest BCUT2D eigenvalue weighted by Crippen LogP contribution is -2.41. The van der Waals surface area contributed by atoms with Gasteiger partial charge in [-0.2, -0.15) is 0 Å². The number of hydrogen-bond donors (Lipinski definition) is 0. The third kappa shape index (κ3) is 5.96. The van der Waals surface area contributed by atoms with Crippen LogP contribution >= 0.6 is 0 Å². The number of benzene rings is 1. The van der Waals surface area contributed by atoms with Gasteiger partial charge in [-0.3, -0.25) is 0 Å². The van der Waals surface area contributed by atoms with E-state index in [1.165, 1.54) is 24.3 Å². The van der Waals surface area contributed by atoms with Crippen molar-refractivity contribution in [2.24, 2.45) is 11.8 Å². The molecule has 0 N–H and O–H groups in total. The molecule has 2 aliphatic rings. The van der Waals surface area contributed by atoms with Crippen LogP contribution in [0.5, 0.6) is 0 Å². The molecule has 2 unspecified atom stereocenters. The summed E-state index contributed by atoms with van der Waals surface area (Å²) in [4.78, 5) is 0. The predicted octanol–water partition coefficient (Wildman–Crippen LogP) is 6.45. The summed E-state index contributed by atoms with van der Waals surface area (Å²) in [6.07, 6.45) is 4.76. The summed E-state index contributed by atoms with van der Waals surface area (Å²) >= 11 is 0. The van der Waals surface area contributed by atoms with Crippen LogP contribution in [0.1, 0.15) is 56.4 Å². The van der Waals surface area contributed by atoms with E-state index in [4.69, 9.17) is 14.2 Å². The van der Waals surface area contributed by atoms with Crippen LogP contribution in [0.25, 0.3) is 6.08 Å². The molecule has 1 aliphatic carbocycles. The molecule has 7 heteroatoms. The van der Waals surface area contributed by atoms with E-state index in [0.29, 0.717) is 19.6 Å². The summed E-state index contributed by atoms with van der Waals surface area (Å²) in [5.74, 6) is -5.24. The van der Waals surface area contributed by atoms with E-state index in [9.17, 15) is 17.6 Å². The minimum Gasteiger partial charge on any atom is -0.372 e. The molecule has 0 bridgehead atoms. The van der Waals surface area contributed by atoms with E-state index in [-0.39, 0.29) is 36.5 Å². The molecule has 172 valence electrons. The monoisotopic (exact) mass is 442 g/mol. The number of alkyl halides is 2. The van der Waals surface area contributed by atoms with Crippen molar-refractivity contribution in [1.29, 1.82) is 0 Å². The van der Waals surface area contributed by atoms with Gasteiger partial charge in [-0.15, -0.1) is 6.58 Å². The van der Waals surface area contributed by atoms with Gasteiger partial charge in [0.1, 0.15) is 6.10 Å². The van der Waals surface area contributed by atoms with Crippen LogP contribution in [0.2, 0.25) is 0 Å². The maximum atomic E-state index is 14.7. The van der Waals surface area contributed by atoms with Gasteiger partial charge in [0.25, 0.3) is 5.92 Å². The van der Waals surface area contributed by atoms with E-state index in [0.717, 1.165) is 12.8 Å². The smallest absolute Gasteiger partial charge is 0.274 e. The number of hydrogen-bond acceptors (Lipinski definition) is 3. The Morgan fingerprint density at radius 2 is 1.90 bits per heavy atom. The predicted molar refractivity (Wildman–Crippen MR) is 111 cm³/mol. The highest BCUT2D eigenvalue weighted by molar-refractivity contribution is 5.51. The molecule has 0 aromatic heterocycles. The third-order valence-electron chi connectivity index (χ3n) is 5.86. The average molecular weight is 442 g/mol. The van der Waals surface area contributed by atoms with Crippen LogP contribution < -0.4 is 0 Å². The van der Waals surface area contributed by atoms with Gasteiger partial charge >= 0.3 is 0 Å². The van der Waals surface area contributed by atoms with Gasteiger partial charge in [0.2, 0.25) is 0 Å². The first-order valence-electron chi connectivity index (χ1n) is 10.8. The largest absolute Gasteiger partial charge is 0.372 e. The molecule has 0 amide bonds. The van der Waals surface area contributed by atoms with E-state index in [1.807, 2.05) is 6.08 Å². The minimum absolute atomic E-state index is 0.000534. The highest BCUT2D eigenvalue weighted by Crippen LogP contribution is 2.39. The fourth-order valence-electron chi connectivity index (χ4n) is 4.10. The van der Waals surface area contributed by atoms with Gasteiger partial charge in [0.15, 0.2) is 17.9 Å². The lowest BCUT2D eigenvalue weighted by Gasteiger charge is -2.34. The van der Waals surface area contributed by atoms with Gasteiger partial charge < -0.3 is 14.2 Å². The van der Waals surface area contributed by atoms with Crippen LogP contribution in [0, 0.1) is 23.5 Å². The number of allylic oxidation sites excluding steroid dienone is 2. The first-order valence-corrected chi connectivity index (χ1v) is 10.8. The number of halogens is 4. The first-order chi connectivity index (χ1) is 14.9. The number of rotatable bonds is 8. The van der Waals surface area contributed by atoms with Crippen molar-refractivity contribution in [2.75, 3.05) is 19.8 Å². The highest BCUT2D eigenvalue weighted by Gasteiger charge is 2.45. The quantitative estimate of drug-likeness (QED) is 0.342. The SMILES string of the molecule is C=CCCC1COC(c2ccc(/C=C/C3CCC(OCC)C(F)(F)C3)c(F)c2F)OC1. The van der Waals surface area contributed by atoms with Crippen LogP contribution in [-0.2, 0) is 14.2 Å². The Morgan fingerprint density at radius 1 is 1.16 bits per heavy atom. The maximum Gasteiger partial charge on any atom is 0.274 e. The van der Waals surface area contributed by atoms with Gasteiger partial charge in [-0.1, -0.05) is 30.4 Å². The maximum absolute atomic E-state index is 14.7. The topological polar surface area (TPSA) is 27.7 Å². The Labute approximate surface area is 181 Å². The van der Waals surface area contributed by atoms with Crippen molar-refractivity contribution < 1.29 is 31.8 Å². The molecular formula is C24H30F4O3. The Bertz CT molecular complexity index is 772. The molecule has 2 atom stereocenters. The Kier molecular flexibility index (Phi) is 8.30. The second kappa shape index (κ2) is 10.7. The van der Waals surface area contributed by atoms with E-state index in [1.54, 1.807) is 6.92 Å². The number of ether oxygens (including phenoxy) is 3. The van der Waals surface area contributed by atoms with Crippen molar-refractivity contribution in [3.63, 3.8) is 0 Å². The molecule has 1 aromatic rings. The zero-order valence-corrected chi connectivity index (χ0v) is 17.8.